The molecule has 1 aliphatic heterocycles. The number of hydrogen-bond acceptors (Lipinski definition) is 5. The van der Waals surface area contributed by atoms with Crippen LogP contribution in [-0.4, -0.2) is 78.4 Å². The number of nitrogens with zero attached hydrogens (tertiary/aromatic N) is 2. The molecule has 0 radical (unpaired) electrons. The number of rotatable bonds is 9. The molecular formula is C29H37F3N4O3. The third kappa shape index (κ3) is 8.12. The number of aryl methyl sites for hydroxylation is 1. The maximum atomic E-state index is 12.4. The first-order valence-corrected chi connectivity index (χ1v) is 13.4. The van der Waals surface area contributed by atoms with E-state index in [0.29, 0.717) is 18.7 Å². The highest BCUT2D eigenvalue weighted by molar-refractivity contribution is 5.94. The zero-order chi connectivity index (χ0) is 28.0. The second-order valence-electron chi connectivity index (χ2n) is 10.3. The van der Waals surface area contributed by atoms with Gasteiger partial charge in [-0.3, -0.25) is 4.90 Å². The van der Waals surface area contributed by atoms with Crippen LogP contribution >= 0.6 is 0 Å². The van der Waals surface area contributed by atoms with Crippen LogP contribution in [-0.2, 0) is 6.54 Å². The van der Waals surface area contributed by atoms with Crippen LogP contribution in [0.25, 0.3) is 10.9 Å². The van der Waals surface area contributed by atoms with Crippen LogP contribution in [0.4, 0.5) is 18.9 Å². The van der Waals surface area contributed by atoms with Gasteiger partial charge in [-0.15, -0.1) is 0 Å². The van der Waals surface area contributed by atoms with Crippen molar-refractivity contribution >= 4 is 22.6 Å². The van der Waals surface area contributed by atoms with Gasteiger partial charge in [-0.1, -0.05) is 12.1 Å². The lowest BCUT2D eigenvalue weighted by Crippen LogP contribution is -2.46. The second-order valence-corrected chi connectivity index (χ2v) is 10.3. The van der Waals surface area contributed by atoms with Gasteiger partial charge in [0.1, 0.15) is 5.75 Å². The molecule has 0 spiro atoms. The Balaban J connectivity index is 0.000000212. The number of carboxylic acids is 1. The van der Waals surface area contributed by atoms with Gasteiger partial charge in [-0.05, 0) is 55.5 Å². The molecule has 2 aromatic carbocycles. The Morgan fingerprint density at radius 3 is 2.46 bits per heavy atom. The molecule has 0 bridgehead atoms. The molecule has 39 heavy (non-hydrogen) atoms. The largest absolute Gasteiger partial charge is 0.496 e. The zero-order valence-electron chi connectivity index (χ0n) is 22.5. The maximum absolute atomic E-state index is 12.4. The SMILES string of the molecule is COc1cc(C)c2[nH]ccc2c1CN1CCN(CCC(F)(F)F)CC1.O=C(O)c1ccccc1NCC1CC1. The van der Waals surface area contributed by atoms with Crippen molar-refractivity contribution in [2.75, 3.05) is 51.7 Å². The van der Waals surface area contributed by atoms with Gasteiger partial charge >= 0.3 is 12.1 Å². The number of fused-ring (bicyclic) bond motifs is 1. The minimum absolute atomic E-state index is 0.0905. The smallest absolute Gasteiger partial charge is 0.390 e. The molecule has 3 N–H and O–H groups in total. The number of anilines is 1. The fourth-order valence-corrected chi connectivity index (χ4v) is 4.86. The van der Waals surface area contributed by atoms with E-state index in [1.165, 1.54) is 12.8 Å². The molecule has 0 amide bonds. The number of piperazine rings is 1. The van der Waals surface area contributed by atoms with Crippen LogP contribution < -0.4 is 10.1 Å². The number of carboxylic acid groups (broad SMARTS) is 1. The number of para-hydroxylation sites is 1. The van der Waals surface area contributed by atoms with Crippen molar-refractivity contribution in [2.45, 2.75) is 38.9 Å². The molecule has 0 atom stereocenters. The highest BCUT2D eigenvalue weighted by Crippen LogP contribution is 2.32. The Labute approximate surface area is 226 Å². The van der Waals surface area contributed by atoms with E-state index >= 15 is 0 Å². The second kappa shape index (κ2) is 12.7. The van der Waals surface area contributed by atoms with Crippen molar-refractivity contribution in [3.05, 3.63) is 59.3 Å². The van der Waals surface area contributed by atoms with Gasteiger partial charge in [0, 0.05) is 74.2 Å². The van der Waals surface area contributed by atoms with E-state index in [0.717, 1.165) is 65.6 Å². The number of carbonyl (C=O) groups is 1. The van der Waals surface area contributed by atoms with E-state index in [1.807, 2.05) is 36.2 Å². The Kier molecular flexibility index (Phi) is 9.40. The van der Waals surface area contributed by atoms with Gasteiger partial charge < -0.3 is 25.0 Å². The maximum Gasteiger partial charge on any atom is 0.390 e. The van der Waals surface area contributed by atoms with Crippen molar-refractivity contribution < 1.29 is 27.8 Å². The summed E-state index contributed by atoms with van der Waals surface area (Å²) < 4.78 is 42.6. The average molecular weight is 547 g/mol. The molecule has 3 aromatic rings. The molecular weight excluding hydrogens is 509 g/mol. The van der Waals surface area contributed by atoms with Crippen molar-refractivity contribution in [1.82, 2.24) is 14.8 Å². The first-order chi connectivity index (χ1) is 18.6. The number of H-pyrrole nitrogens is 1. The van der Waals surface area contributed by atoms with Gasteiger partial charge in [-0.25, -0.2) is 4.79 Å². The summed E-state index contributed by atoms with van der Waals surface area (Å²) in [6.07, 6.45) is -0.352. The monoisotopic (exact) mass is 546 g/mol. The number of nitrogens with one attached hydrogen (secondary N) is 2. The summed E-state index contributed by atoms with van der Waals surface area (Å²) in [5.74, 6) is 0.741. The topological polar surface area (TPSA) is 80.8 Å². The quantitative estimate of drug-likeness (QED) is 0.317. The number of aromatic nitrogens is 1. The lowest BCUT2D eigenvalue weighted by atomic mass is 10.0. The number of aromatic carboxylic acids is 1. The number of benzene rings is 2. The summed E-state index contributed by atoms with van der Waals surface area (Å²) in [7, 11) is 1.67. The molecule has 1 saturated carbocycles. The van der Waals surface area contributed by atoms with E-state index in [2.05, 4.69) is 21.3 Å². The molecule has 2 aliphatic rings. The fraction of sp³-hybridized carbons (Fsp3) is 0.483. The molecule has 7 nitrogen and oxygen atoms in total. The number of ether oxygens (including phenoxy) is 1. The molecule has 2 heterocycles. The Bertz CT molecular complexity index is 1250. The van der Waals surface area contributed by atoms with Gasteiger partial charge in [0.15, 0.2) is 0 Å². The minimum atomic E-state index is -4.08. The van der Waals surface area contributed by atoms with E-state index in [4.69, 9.17) is 9.84 Å². The van der Waals surface area contributed by atoms with Crippen molar-refractivity contribution in [3.8, 4) is 5.75 Å². The van der Waals surface area contributed by atoms with Crippen molar-refractivity contribution in [1.29, 1.82) is 0 Å². The Morgan fingerprint density at radius 2 is 1.82 bits per heavy atom. The molecule has 2 fully saturated rings. The van der Waals surface area contributed by atoms with Crippen molar-refractivity contribution in [2.24, 2.45) is 5.92 Å². The van der Waals surface area contributed by atoms with Crippen LogP contribution in [0.2, 0.25) is 0 Å². The third-order valence-electron chi connectivity index (χ3n) is 7.33. The molecule has 212 valence electrons. The summed E-state index contributed by atoms with van der Waals surface area (Å²) in [5.41, 5.74) is 4.46. The van der Waals surface area contributed by atoms with Gasteiger partial charge in [0.25, 0.3) is 0 Å². The lowest BCUT2D eigenvalue weighted by molar-refractivity contribution is -0.138. The number of hydrogen-bond donors (Lipinski definition) is 3. The van der Waals surface area contributed by atoms with Gasteiger partial charge in [0.05, 0.1) is 19.1 Å². The molecule has 0 unspecified atom stereocenters. The van der Waals surface area contributed by atoms with E-state index in [9.17, 15) is 18.0 Å². The lowest BCUT2D eigenvalue weighted by Gasteiger charge is -2.35. The van der Waals surface area contributed by atoms with Gasteiger partial charge in [-0.2, -0.15) is 13.2 Å². The Morgan fingerprint density at radius 1 is 1.13 bits per heavy atom. The summed E-state index contributed by atoms with van der Waals surface area (Å²) in [5, 5.41) is 13.2. The predicted molar refractivity (Wildman–Crippen MR) is 147 cm³/mol. The van der Waals surface area contributed by atoms with Crippen LogP contribution in [0.15, 0.2) is 42.6 Å². The number of alkyl halides is 3. The first-order valence-electron chi connectivity index (χ1n) is 13.4. The number of halogens is 3. The highest BCUT2D eigenvalue weighted by atomic mass is 19.4. The van der Waals surface area contributed by atoms with Crippen LogP contribution in [0, 0.1) is 12.8 Å². The average Bonchev–Trinajstić information content (AvgIpc) is 3.61. The summed E-state index contributed by atoms with van der Waals surface area (Å²) in [6, 6.07) is 11.1. The predicted octanol–water partition coefficient (Wildman–Crippen LogP) is 5.76. The summed E-state index contributed by atoms with van der Waals surface area (Å²) >= 11 is 0. The standard InChI is InChI=1S/C18H24F3N3O.C11H13NO2/c1-13-11-16(25-2)15(14-3-5-22-17(13)14)12-24-9-7-23(8-10-24)6-4-18(19,20)21;13-11(14)9-3-1-2-4-10(9)12-7-8-5-6-8/h3,5,11,22H,4,6-10,12H2,1-2H3;1-4,8,12H,5-7H2,(H,13,14). The summed E-state index contributed by atoms with van der Waals surface area (Å²) in [4.78, 5) is 18.3. The first kappa shape index (κ1) is 28.8. The highest BCUT2D eigenvalue weighted by Gasteiger charge is 2.29. The van der Waals surface area contributed by atoms with Gasteiger partial charge in [0.2, 0.25) is 0 Å². The van der Waals surface area contributed by atoms with E-state index in [1.54, 1.807) is 19.2 Å². The Hall–Kier alpha value is -3.24. The summed E-state index contributed by atoms with van der Waals surface area (Å²) in [6.45, 7) is 6.63. The molecule has 1 saturated heterocycles. The van der Waals surface area contributed by atoms with E-state index in [-0.39, 0.29) is 6.54 Å². The van der Waals surface area contributed by atoms with Crippen LogP contribution in [0.1, 0.15) is 40.7 Å². The minimum Gasteiger partial charge on any atom is -0.496 e. The normalized spacial score (nSPS) is 16.5. The van der Waals surface area contributed by atoms with Crippen molar-refractivity contribution in [3.63, 3.8) is 0 Å². The molecule has 5 rings (SSSR count). The molecule has 1 aliphatic carbocycles. The third-order valence-corrected chi connectivity index (χ3v) is 7.33. The van der Waals surface area contributed by atoms with Crippen LogP contribution in [0.3, 0.4) is 0 Å². The zero-order valence-corrected chi connectivity index (χ0v) is 22.5. The number of methoxy groups -OCH3 is 1. The van der Waals surface area contributed by atoms with Crippen LogP contribution in [0.5, 0.6) is 5.75 Å². The fourth-order valence-electron chi connectivity index (χ4n) is 4.86. The molecule has 10 heteroatoms. The molecule has 1 aromatic heterocycles. The number of aromatic amines is 1. The van der Waals surface area contributed by atoms with E-state index < -0.39 is 18.6 Å².